The van der Waals surface area contributed by atoms with Crippen molar-refractivity contribution in [3.63, 3.8) is 0 Å². The summed E-state index contributed by atoms with van der Waals surface area (Å²) in [5.41, 5.74) is 19.4. The summed E-state index contributed by atoms with van der Waals surface area (Å²) in [7, 11) is 6.59. The van der Waals surface area contributed by atoms with E-state index in [1.807, 2.05) is 12.2 Å². The van der Waals surface area contributed by atoms with Crippen LogP contribution in [0.2, 0.25) is 0 Å². The van der Waals surface area contributed by atoms with Crippen molar-refractivity contribution in [2.24, 2.45) is 0 Å². The van der Waals surface area contributed by atoms with Gasteiger partial charge in [-0.3, -0.25) is 0 Å². The topological polar surface area (TPSA) is 18.8 Å². The van der Waals surface area contributed by atoms with Gasteiger partial charge in [0.25, 0.3) is 0 Å². The van der Waals surface area contributed by atoms with Crippen LogP contribution in [0.25, 0.3) is 50.5 Å². The van der Waals surface area contributed by atoms with Crippen molar-refractivity contribution in [1.29, 1.82) is 0 Å². The average molecular weight is 1240 g/mol. The number of nitrogens with zero attached hydrogens (tertiary/aromatic N) is 6. The highest BCUT2D eigenvalue weighted by molar-refractivity contribution is 6.11. The zero-order chi connectivity index (χ0) is 66.7. The summed E-state index contributed by atoms with van der Waals surface area (Å²) < 4.78 is 7.11. The van der Waals surface area contributed by atoms with E-state index >= 15 is 0 Å². The Hall–Kier alpha value is -9.39. The molecule has 480 valence electrons. The standard InChI is InChI=1S/C30H35N2.2C29H33N2/c1-6-9-22-30(4)28(21-16-23-14-18-25(19-15-23)32(7-2)8-3)31(5)27-20-17-24-12-10-11-13-26(24)29(27)30;1-6-21-29(4)26-19-16-23-11-9-10-12-25(23)28(26)30(5)27(29)20-15-22-13-17-24(18-14-22)31(7-2)8-3;1-6-19-29(4)26-20-23-11-9-10-12-24(23)21-27(26)30(5)28(29)18-15-22-13-16-25(17-14-22)31(7-2)8-3/h6,9-21H,7-8,22H2,1-5H3;6,9-20H,1,7-8,21H2,2-5H3;6,9-18,20-21H,1,7-8,19H2,2-5H3/q3*+1/b9-6+;;. The van der Waals surface area contributed by atoms with Gasteiger partial charge in [0.05, 0.1) is 21.6 Å². The summed E-state index contributed by atoms with van der Waals surface area (Å²) in [5, 5.41) is 7.84. The molecular formula is C88H101N6+3. The third-order valence-electron chi connectivity index (χ3n) is 20.5. The molecule has 0 saturated carbocycles. The van der Waals surface area contributed by atoms with Crippen molar-refractivity contribution < 1.29 is 13.7 Å². The Balaban J connectivity index is 0.000000154. The van der Waals surface area contributed by atoms with Crippen molar-refractivity contribution in [3.05, 3.63) is 271 Å². The molecule has 0 fully saturated rings. The highest BCUT2D eigenvalue weighted by Crippen LogP contribution is 2.49. The zero-order valence-electron chi connectivity index (χ0n) is 58.6. The summed E-state index contributed by atoms with van der Waals surface area (Å²) in [5.74, 6) is 0. The minimum atomic E-state index is -0.0898. The predicted molar refractivity (Wildman–Crippen MR) is 413 cm³/mol. The molecule has 6 nitrogen and oxygen atoms in total. The first-order valence-corrected chi connectivity index (χ1v) is 34.4. The lowest BCUT2D eigenvalue weighted by Gasteiger charge is -2.22. The third-order valence-corrected chi connectivity index (χ3v) is 20.5. The molecule has 0 aromatic heterocycles. The molecule has 3 heterocycles. The fraction of sp³-hybridized carbons (Fsp3) is 0.284. The number of hydrogen-bond donors (Lipinski definition) is 0. The van der Waals surface area contributed by atoms with Crippen LogP contribution in [0.3, 0.4) is 0 Å². The molecule has 3 aliphatic heterocycles. The summed E-state index contributed by atoms with van der Waals surface area (Å²) in [4.78, 5) is 7.12. The molecule has 0 amide bonds. The highest BCUT2D eigenvalue weighted by atomic mass is 15.1. The van der Waals surface area contributed by atoms with E-state index in [0.29, 0.717) is 0 Å². The normalized spacial score (nSPS) is 18.1. The van der Waals surface area contributed by atoms with Gasteiger partial charge >= 0.3 is 0 Å². The van der Waals surface area contributed by atoms with Gasteiger partial charge in [0, 0.05) is 103 Å². The van der Waals surface area contributed by atoms with Crippen molar-refractivity contribution in [1.82, 2.24) is 0 Å². The minimum Gasteiger partial charge on any atom is -0.372 e. The van der Waals surface area contributed by atoms with Crippen LogP contribution in [0, 0.1) is 0 Å². The van der Waals surface area contributed by atoms with Gasteiger partial charge in [0.2, 0.25) is 17.1 Å². The molecule has 3 unspecified atom stereocenters. The zero-order valence-corrected chi connectivity index (χ0v) is 58.6. The van der Waals surface area contributed by atoms with Gasteiger partial charge in [0.15, 0.2) is 17.1 Å². The molecule has 9 aromatic rings. The number of hydrogen-bond acceptors (Lipinski definition) is 3. The number of benzene rings is 9. The average Bonchev–Trinajstić information content (AvgIpc) is 1.59. The fourth-order valence-corrected chi connectivity index (χ4v) is 15.2. The van der Waals surface area contributed by atoms with Crippen LogP contribution < -0.4 is 14.7 Å². The van der Waals surface area contributed by atoms with Gasteiger partial charge in [-0.25, -0.2) is 0 Å². The van der Waals surface area contributed by atoms with E-state index in [1.165, 1.54) is 117 Å². The molecule has 3 atom stereocenters. The quantitative estimate of drug-likeness (QED) is 0.0528. The Labute approximate surface area is 563 Å². The van der Waals surface area contributed by atoms with Crippen molar-refractivity contribution in [2.45, 2.75) is 105 Å². The Kier molecular flexibility index (Phi) is 21.3. The van der Waals surface area contributed by atoms with Crippen LogP contribution in [-0.2, 0) is 16.2 Å². The van der Waals surface area contributed by atoms with Crippen LogP contribution in [-0.4, -0.2) is 91.3 Å². The van der Waals surface area contributed by atoms with Gasteiger partial charge in [-0.1, -0.05) is 140 Å². The summed E-state index contributed by atoms with van der Waals surface area (Å²) in [6.45, 7) is 36.7. The van der Waals surface area contributed by atoms with E-state index < -0.39 is 0 Å². The van der Waals surface area contributed by atoms with Crippen molar-refractivity contribution in [3.8, 4) is 0 Å². The lowest BCUT2D eigenvalue weighted by Crippen LogP contribution is -2.30. The number of allylic oxidation sites excluding steroid dienone is 7. The van der Waals surface area contributed by atoms with Crippen LogP contribution in [0.5, 0.6) is 0 Å². The number of fused-ring (bicyclic) bond motifs is 8. The molecule has 6 heteroatoms. The molecule has 94 heavy (non-hydrogen) atoms. The molecule has 0 bridgehead atoms. The number of anilines is 3. The first-order chi connectivity index (χ1) is 45.6. The first-order valence-electron chi connectivity index (χ1n) is 34.4. The summed E-state index contributed by atoms with van der Waals surface area (Å²) in [6.07, 6.45) is 25.0. The van der Waals surface area contributed by atoms with Gasteiger partial charge in [-0.05, 0) is 205 Å². The van der Waals surface area contributed by atoms with Gasteiger partial charge < -0.3 is 14.7 Å². The largest absolute Gasteiger partial charge is 0.372 e. The highest BCUT2D eigenvalue weighted by Gasteiger charge is 2.49. The molecule has 0 aliphatic carbocycles. The van der Waals surface area contributed by atoms with Crippen LogP contribution >= 0.6 is 0 Å². The Bertz CT molecular complexity index is 4400. The van der Waals surface area contributed by atoms with E-state index in [9.17, 15) is 0 Å². The molecule has 0 N–H and O–H groups in total. The fourth-order valence-electron chi connectivity index (χ4n) is 15.2. The van der Waals surface area contributed by atoms with E-state index in [1.54, 1.807) is 0 Å². The maximum absolute atomic E-state index is 4.06. The SMILES string of the molecule is C/C=C/CC1(C)C(/C=C/c2ccc(N(CC)CC)cc2)=[N+](C)c2ccc3ccccc3c21.C=CCC1(C)C(/C=C/c2ccc(N(CC)CC)cc2)=[N+](C)c2c1ccc1ccccc21.C=CCC1(C)C(/C=C/c2ccc(N(CC)CC)cc2)=[N+](C)c2cc3ccccc3cc21. The summed E-state index contributed by atoms with van der Waals surface area (Å²) >= 11 is 0. The maximum Gasteiger partial charge on any atom is 0.217 e. The van der Waals surface area contributed by atoms with Crippen molar-refractivity contribution >= 4 is 102 Å². The van der Waals surface area contributed by atoms with E-state index in [-0.39, 0.29) is 16.2 Å². The van der Waals surface area contributed by atoms with Gasteiger partial charge in [-0.2, -0.15) is 13.7 Å². The Morgan fingerprint density at radius 3 is 1.21 bits per heavy atom. The smallest absolute Gasteiger partial charge is 0.217 e. The lowest BCUT2D eigenvalue weighted by molar-refractivity contribution is -0.401. The molecule has 3 aliphatic rings. The monoisotopic (exact) mass is 1240 g/mol. The molecular weight excluding hydrogens is 1140 g/mol. The molecule has 0 radical (unpaired) electrons. The second-order valence-corrected chi connectivity index (χ2v) is 26.0. The second-order valence-electron chi connectivity index (χ2n) is 26.0. The first kappa shape index (κ1) is 67.5. The lowest BCUT2D eigenvalue weighted by atomic mass is 9.74. The van der Waals surface area contributed by atoms with E-state index in [0.717, 1.165) is 58.5 Å². The Morgan fingerprint density at radius 1 is 0.372 bits per heavy atom. The van der Waals surface area contributed by atoms with Gasteiger partial charge in [-0.15, -0.1) is 13.2 Å². The van der Waals surface area contributed by atoms with Crippen LogP contribution in [0.4, 0.5) is 34.1 Å². The summed E-state index contributed by atoms with van der Waals surface area (Å²) in [6, 6.07) is 66.5. The maximum atomic E-state index is 4.06. The molecule has 12 rings (SSSR count). The molecule has 0 spiro atoms. The number of rotatable bonds is 21. The van der Waals surface area contributed by atoms with Crippen LogP contribution in [0.1, 0.15) is 122 Å². The molecule has 9 aromatic carbocycles. The molecule has 0 saturated heterocycles. The predicted octanol–water partition coefficient (Wildman–Crippen LogP) is 21.3. The third kappa shape index (κ3) is 13.3. The van der Waals surface area contributed by atoms with E-state index in [2.05, 4.69) is 363 Å². The van der Waals surface area contributed by atoms with Crippen molar-refractivity contribution in [2.75, 3.05) is 75.1 Å². The van der Waals surface area contributed by atoms with Gasteiger partial charge in [0.1, 0.15) is 21.1 Å². The Morgan fingerprint density at radius 2 is 0.755 bits per heavy atom. The second kappa shape index (κ2) is 29.7. The minimum absolute atomic E-state index is 0.0743. The van der Waals surface area contributed by atoms with E-state index in [4.69, 9.17) is 0 Å². The van der Waals surface area contributed by atoms with Crippen LogP contribution in [0.15, 0.2) is 238 Å².